The minimum atomic E-state index is -0.887. The highest BCUT2D eigenvalue weighted by atomic mass is 19.1. The molecule has 0 radical (unpaired) electrons. The van der Waals surface area contributed by atoms with E-state index in [1.54, 1.807) is 4.90 Å². The van der Waals surface area contributed by atoms with E-state index in [0.29, 0.717) is 25.1 Å². The van der Waals surface area contributed by atoms with Gasteiger partial charge in [-0.05, 0) is 36.2 Å². The average molecular weight is 458 g/mol. The van der Waals surface area contributed by atoms with Crippen molar-refractivity contribution in [2.75, 3.05) is 33.9 Å². The zero-order valence-electron chi connectivity index (χ0n) is 18.5. The van der Waals surface area contributed by atoms with Crippen LogP contribution >= 0.6 is 0 Å². The lowest BCUT2D eigenvalue weighted by Crippen LogP contribution is -2.46. The van der Waals surface area contributed by atoms with Crippen LogP contribution in [0, 0.1) is 18.6 Å². The summed E-state index contributed by atoms with van der Waals surface area (Å²) < 4.78 is 45.5. The normalized spacial score (nSPS) is 16.2. The number of morpholine rings is 1. The molecular formula is C24H24F2N2O5. The zero-order chi connectivity index (χ0) is 23.7. The number of fused-ring (bicyclic) bond motifs is 1. The standard InChI is InChI=1S/C24H24F2N2O5/c1-13-5-4-6-19-20(13)16(11-15-12-28(7-8-33-15)24(30)32-3)22(27-19)21-17(25)9-14(10-18(21)26)23(29)31-2/h4-6,9-10,15,27H,7-8,11-12H2,1-3H3/t15-/m0/s1. The van der Waals surface area contributed by atoms with Gasteiger partial charge >= 0.3 is 12.1 Å². The molecule has 3 aromatic rings. The molecule has 33 heavy (non-hydrogen) atoms. The van der Waals surface area contributed by atoms with E-state index >= 15 is 8.78 Å². The molecule has 1 N–H and O–H groups in total. The third-order valence-electron chi connectivity index (χ3n) is 5.85. The Morgan fingerprint density at radius 1 is 1.18 bits per heavy atom. The number of aryl methyl sites for hydroxylation is 1. The summed E-state index contributed by atoms with van der Waals surface area (Å²) in [6, 6.07) is 7.52. The van der Waals surface area contributed by atoms with Crippen LogP contribution in [0.3, 0.4) is 0 Å². The number of nitrogens with one attached hydrogen (secondary N) is 1. The molecule has 1 aromatic heterocycles. The summed E-state index contributed by atoms with van der Waals surface area (Å²) in [6.07, 6.45) is -0.532. The highest BCUT2D eigenvalue weighted by Gasteiger charge is 2.29. The molecular weight excluding hydrogens is 434 g/mol. The van der Waals surface area contributed by atoms with E-state index < -0.39 is 29.8 Å². The molecule has 0 saturated carbocycles. The number of halogens is 2. The fourth-order valence-electron chi connectivity index (χ4n) is 4.34. The molecule has 4 rings (SSSR count). The van der Waals surface area contributed by atoms with Crippen molar-refractivity contribution >= 4 is 23.0 Å². The van der Waals surface area contributed by atoms with Gasteiger partial charge in [0.15, 0.2) is 0 Å². The van der Waals surface area contributed by atoms with Gasteiger partial charge in [-0.15, -0.1) is 0 Å². The van der Waals surface area contributed by atoms with E-state index in [0.717, 1.165) is 35.7 Å². The molecule has 1 atom stereocenters. The number of aromatic amines is 1. The third kappa shape index (κ3) is 4.28. The molecule has 1 aliphatic heterocycles. The van der Waals surface area contributed by atoms with Crippen LogP contribution in [-0.4, -0.2) is 62.0 Å². The van der Waals surface area contributed by atoms with Crippen LogP contribution in [0.1, 0.15) is 21.5 Å². The van der Waals surface area contributed by atoms with Gasteiger partial charge in [-0.25, -0.2) is 18.4 Å². The van der Waals surface area contributed by atoms with Crippen LogP contribution in [-0.2, 0) is 20.6 Å². The van der Waals surface area contributed by atoms with E-state index in [4.69, 9.17) is 9.47 Å². The van der Waals surface area contributed by atoms with Crippen LogP contribution in [0.2, 0.25) is 0 Å². The van der Waals surface area contributed by atoms with Crippen LogP contribution in [0.4, 0.5) is 13.6 Å². The number of nitrogens with zero attached hydrogens (tertiary/aromatic N) is 1. The predicted octanol–water partition coefficient (Wildman–Crippen LogP) is 4.22. The van der Waals surface area contributed by atoms with Crippen LogP contribution in [0.5, 0.6) is 0 Å². The number of aromatic nitrogens is 1. The average Bonchev–Trinajstić information content (AvgIpc) is 3.16. The maximum atomic E-state index is 15.1. The fourth-order valence-corrected chi connectivity index (χ4v) is 4.34. The zero-order valence-corrected chi connectivity index (χ0v) is 18.5. The quantitative estimate of drug-likeness (QED) is 0.593. The second kappa shape index (κ2) is 9.19. The van der Waals surface area contributed by atoms with Gasteiger partial charge in [0, 0.05) is 23.9 Å². The summed E-state index contributed by atoms with van der Waals surface area (Å²) in [6.45, 7) is 2.93. The minimum Gasteiger partial charge on any atom is -0.465 e. The Hall–Kier alpha value is -3.46. The molecule has 1 aliphatic rings. The van der Waals surface area contributed by atoms with Crippen molar-refractivity contribution in [3.05, 3.63) is 58.7 Å². The summed E-state index contributed by atoms with van der Waals surface area (Å²) in [5, 5.41) is 0.835. The summed E-state index contributed by atoms with van der Waals surface area (Å²) in [7, 11) is 2.46. The first kappa shape index (κ1) is 22.7. The number of rotatable bonds is 4. The smallest absolute Gasteiger partial charge is 0.409 e. The molecule has 0 aliphatic carbocycles. The Balaban J connectivity index is 1.81. The van der Waals surface area contributed by atoms with Gasteiger partial charge in [0.2, 0.25) is 0 Å². The number of esters is 1. The van der Waals surface area contributed by atoms with Gasteiger partial charge in [-0.1, -0.05) is 12.1 Å². The van der Waals surface area contributed by atoms with E-state index in [1.165, 1.54) is 7.11 Å². The van der Waals surface area contributed by atoms with Crippen molar-refractivity contribution in [3.63, 3.8) is 0 Å². The molecule has 9 heteroatoms. The van der Waals surface area contributed by atoms with E-state index in [-0.39, 0.29) is 23.4 Å². The first-order valence-corrected chi connectivity index (χ1v) is 10.5. The number of methoxy groups -OCH3 is 2. The van der Waals surface area contributed by atoms with Crippen molar-refractivity contribution in [2.24, 2.45) is 0 Å². The van der Waals surface area contributed by atoms with E-state index in [9.17, 15) is 9.59 Å². The van der Waals surface area contributed by atoms with Crippen molar-refractivity contribution in [1.82, 2.24) is 9.88 Å². The van der Waals surface area contributed by atoms with Crippen molar-refractivity contribution in [1.29, 1.82) is 0 Å². The van der Waals surface area contributed by atoms with Crippen molar-refractivity contribution in [3.8, 4) is 11.3 Å². The predicted molar refractivity (Wildman–Crippen MR) is 117 cm³/mol. The Morgan fingerprint density at radius 2 is 1.91 bits per heavy atom. The van der Waals surface area contributed by atoms with Gasteiger partial charge in [0.05, 0.1) is 50.3 Å². The molecule has 0 unspecified atom stereocenters. The summed E-state index contributed by atoms with van der Waals surface area (Å²) >= 11 is 0. The number of carbonyl (C=O) groups excluding carboxylic acids is 2. The molecule has 1 amide bonds. The molecule has 2 aromatic carbocycles. The second-order valence-electron chi connectivity index (χ2n) is 7.90. The van der Waals surface area contributed by atoms with Gasteiger partial charge in [-0.2, -0.15) is 0 Å². The number of benzene rings is 2. The van der Waals surface area contributed by atoms with Crippen molar-refractivity contribution < 1.29 is 32.6 Å². The Kier molecular flexibility index (Phi) is 6.33. The maximum absolute atomic E-state index is 15.1. The lowest BCUT2D eigenvalue weighted by Gasteiger charge is -2.32. The monoisotopic (exact) mass is 458 g/mol. The van der Waals surface area contributed by atoms with E-state index in [1.807, 2.05) is 25.1 Å². The lowest BCUT2D eigenvalue weighted by molar-refractivity contribution is -0.0235. The number of ether oxygens (including phenoxy) is 3. The van der Waals surface area contributed by atoms with Crippen LogP contribution < -0.4 is 0 Å². The SMILES string of the molecule is COC(=O)c1cc(F)c(-c2[nH]c3cccc(C)c3c2C[C@H]2CN(C(=O)OC)CCO2)c(F)c1. The molecule has 0 bridgehead atoms. The largest absolute Gasteiger partial charge is 0.465 e. The van der Waals surface area contributed by atoms with Crippen LogP contribution in [0.15, 0.2) is 30.3 Å². The molecule has 174 valence electrons. The third-order valence-corrected chi connectivity index (χ3v) is 5.85. The first-order valence-electron chi connectivity index (χ1n) is 10.5. The molecule has 7 nitrogen and oxygen atoms in total. The molecule has 1 saturated heterocycles. The van der Waals surface area contributed by atoms with Crippen molar-refractivity contribution in [2.45, 2.75) is 19.4 Å². The number of hydrogen-bond acceptors (Lipinski definition) is 5. The molecule has 1 fully saturated rings. The Labute approximate surface area is 189 Å². The maximum Gasteiger partial charge on any atom is 0.409 e. The Bertz CT molecular complexity index is 1200. The number of amides is 1. The van der Waals surface area contributed by atoms with Crippen LogP contribution in [0.25, 0.3) is 22.2 Å². The Morgan fingerprint density at radius 3 is 2.58 bits per heavy atom. The number of hydrogen-bond donors (Lipinski definition) is 1. The first-order chi connectivity index (χ1) is 15.8. The molecule has 2 heterocycles. The minimum absolute atomic E-state index is 0.213. The molecule has 0 spiro atoms. The second-order valence-corrected chi connectivity index (χ2v) is 7.90. The highest BCUT2D eigenvalue weighted by molar-refractivity contribution is 5.94. The summed E-state index contributed by atoms with van der Waals surface area (Å²) in [5.41, 5.74) is 2.10. The summed E-state index contributed by atoms with van der Waals surface area (Å²) in [5.74, 6) is -2.60. The van der Waals surface area contributed by atoms with Gasteiger partial charge < -0.3 is 24.1 Å². The number of H-pyrrole nitrogens is 1. The van der Waals surface area contributed by atoms with E-state index in [2.05, 4.69) is 9.72 Å². The van der Waals surface area contributed by atoms with Gasteiger partial charge in [-0.3, -0.25) is 0 Å². The lowest BCUT2D eigenvalue weighted by atomic mass is 9.96. The highest BCUT2D eigenvalue weighted by Crippen LogP contribution is 2.37. The topological polar surface area (TPSA) is 80.9 Å². The van der Waals surface area contributed by atoms with Gasteiger partial charge in [0.1, 0.15) is 11.6 Å². The fraction of sp³-hybridized carbons (Fsp3) is 0.333. The summed E-state index contributed by atoms with van der Waals surface area (Å²) in [4.78, 5) is 28.4. The number of carbonyl (C=O) groups is 2. The van der Waals surface area contributed by atoms with Gasteiger partial charge in [0.25, 0.3) is 0 Å².